The molecule has 0 bridgehead atoms. The molecule has 18 heavy (non-hydrogen) atoms. The van der Waals surface area contributed by atoms with Crippen LogP contribution < -0.4 is 5.32 Å². The molecular formula is C14H14INOS. The molecule has 4 heteroatoms. The molecule has 0 atom stereocenters. The Hall–Kier alpha value is -0.880. The summed E-state index contributed by atoms with van der Waals surface area (Å²) in [5.41, 5.74) is 2.01. The highest BCUT2D eigenvalue weighted by Gasteiger charge is 2.07. The molecule has 1 aromatic heterocycles. The van der Waals surface area contributed by atoms with E-state index in [0.717, 1.165) is 3.57 Å². The Morgan fingerprint density at radius 1 is 1.33 bits per heavy atom. The molecule has 0 saturated carbocycles. The molecule has 0 spiro atoms. The number of thiophene rings is 1. The molecule has 0 saturated heterocycles. The lowest BCUT2D eigenvalue weighted by atomic mass is 10.2. The van der Waals surface area contributed by atoms with Gasteiger partial charge < -0.3 is 5.32 Å². The van der Waals surface area contributed by atoms with Gasteiger partial charge in [0.1, 0.15) is 0 Å². The third-order valence-electron chi connectivity index (χ3n) is 2.73. The summed E-state index contributed by atoms with van der Waals surface area (Å²) >= 11 is 3.95. The summed E-state index contributed by atoms with van der Waals surface area (Å²) in [5.74, 6) is -0.0165. The van der Waals surface area contributed by atoms with E-state index in [1.54, 1.807) is 11.3 Å². The Kier molecular flexibility index (Phi) is 4.40. The van der Waals surface area contributed by atoms with Gasteiger partial charge in [0.2, 0.25) is 0 Å². The summed E-state index contributed by atoms with van der Waals surface area (Å²) in [6.45, 7) is 4.80. The second kappa shape index (κ2) is 5.84. The quantitative estimate of drug-likeness (QED) is 0.815. The van der Waals surface area contributed by atoms with Crippen LogP contribution in [0.25, 0.3) is 0 Å². The van der Waals surface area contributed by atoms with Gasteiger partial charge in [0.15, 0.2) is 0 Å². The summed E-state index contributed by atoms with van der Waals surface area (Å²) in [6, 6.07) is 9.73. The molecule has 0 radical (unpaired) electrons. The van der Waals surface area contributed by atoms with Gasteiger partial charge >= 0.3 is 0 Å². The second-order valence-electron chi connectivity index (χ2n) is 4.14. The molecule has 94 valence electrons. The van der Waals surface area contributed by atoms with Crippen molar-refractivity contribution in [1.82, 2.24) is 5.32 Å². The number of amides is 1. The lowest BCUT2D eigenvalue weighted by molar-refractivity contribution is 0.0951. The van der Waals surface area contributed by atoms with Crippen LogP contribution in [-0.2, 0) is 6.54 Å². The van der Waals surface area contributed by atoms with Crippen LogP contribution in [0.3, 0.4) is 0 Å². The maximum Gasteiger partial charge on any atom is 0.251 e. The molecule has 2 nitrogen and oxygen atoms in total. The highest BCUT2D eigenvalue weighted by molar-refractivity contribution is 14.1. The van der Waals surface area contributed by atoms with E-state index in [1.165, 1.54) is 15.3 Å². The molecule has 2 rings (SSSR count). The summed E-state index contributed by atoms with van der Waals surface area (Å²) in [4.78, 5) is 14.5. The summed E-state index contributed by atoms with van der Waals surface area (Å²) in [5, 5.41) is 2.95. The minimum Gasteiger partial charge on any atom is -0.347 e. The molecule has 0 aliphatic rings. The standard InChI is InChI=1S/C14H14INOS/c1-9-6-13(18-10(9)2)8-16-14(17)11-4-3-5-12(15)7-11/h3-7H,8H2,1-2H3,(H,16,17). The van der Waals surface area contributed by atoms with Crippen molar-refractivity contribution in [3.05, 3.63) is 54.8 Å². The first-order chi connectivity index (χ1) is 8.56. The smallest absolute Gasteiger partial charge is 0.251 e. The Morgan fingerprint density at radius 2 is 2.11 bits per heavy atom. The Labute approximate surface area is 125 Å². The molecular weight excluding hydrogens is 357 g/mol. The van der Waals surface area contributed by atoms with Crippen molar-refractivity contribution >= 4 is 39.8 Å². The van der Waals surface area contributed by atoms with Crippen molar-refractivity contribution in [3.63, 3.8) is 0 Å². The molecule has 1 amide bonds. The van der Waals surface area contributed by atoms with Gasteiger partial charge in [-0.2, -0.15) is 0 Å². The van der Waals surface area contributed by atoms with Crippen LogP contribution in [0.1, 0.15) is 25.7 Å². The Balaban J connectivity index is 2.00. The largest absolute Gasteiger partial charge is 0.347 e. The average Bonchev–Trinajstić information content (AvgIpc) is 2.66. The van der Waals surface area contributed by atoms with Crippen LogP contribution in [0.15, 0.2) is 30.3 Å². The van der Waals surface area contributed by atoms with E-state index in [9.17, 15) is 4.79 Å². The lowest BCUT2D eigenvalue weighted by Gasteiger charge is -2.03. The fourth-order valence-electron chi connectivity index (χ4n) is 1.64. The van der Waals surface area contributed by atoms with Crippen LogP contribution in [0, 0.1) is 17.4 Å². The summed E-state index contributed by atoms with van der Waals surface area (Å²) in [7, 11) is 0. The highest BCUT2D eigenvalue weighted by atomic mass is 127. The first-order valence-electron chi connectivity index (χ1n) is 5.66. The lowest BCUT2D eigenvalue weighted by Crippen LogP contribution is -2.22. The first kappa shape index (κ1) is 13.5. The molecule has 1 N–H and O–H groups in total. The van der Waals surface area contributed by atoms with Crippen LogP contribution in [0.5, 0.6) is 0 Å². The maximum absolute atomic E-state index is 12.0. The predicted molar refractivity (Wildman–Crippen MR) is 84.1 cm³/mol. The maximum atomic E-state index is 12.0. The third kappa shape index (κ3) is 3.32. The van der Waals surface area contributed by atoms with Gasteiger partial charge in [0, 0.05) is 18.9 Å². The van der Waals surface area contributed by atoms with Crippen molar-refractivity contribution in [2.24, 2.45) is 0 Å². The van der Waals surface area contributed by atoms with E-state index in [4.69, 9.17) is 0 Å². The van der Waals surface area contributed by atoms with Gasteiger partial charge in [-0.3, -0.25) is 4.79 Å². The van der Waals surface area contributed by atoms with Gasteiger partial charge in [-0.05, 0) is 66.3 Å². The number of hydrogen-bond donors (Lipinski definition) is 1. The van der Waals surface area contributed by atoms with Crippen LogP contribution >= 0.6 is 33.9 Å². The predicted octanol–water partition coefficient (Wildman–Crippen LogP) is 3.90. The molecule has 0 aliphatic carbocycles. The van der Waals surface area contributed by atoms with E-state index in [-0.39, 0.29) is 5.91 Å². The zero-order valence-electron chi connectivity index (χ0n) is 10.3. The number of nitrogens with one attached hydrogen (secondary N) is 1. The monoisotopic (exact) mass is 371 g/mol. The molecule has 0 unspecified atom stereocenters. The van der Waals surface area contributed by atoms with Crippen molar-refractivity contribution < 1.29 is 4.79 Å². The normalized spacial score (nSPS) is 10.4. The molecule has 2 aromatic rings. The summed E-state index contributed by atoms with van der Waals surface area (Å²) < 4.78 is 1.07. The summed E-state index contributed by atoms with van der Waals surface area (Å²) in [6.07, 6.45) is 0. The minimum atomic E-state index is -0.0165. The number of halogens is 1. The van der Waals surface area contributed by atoms with E-state index >= 15 is 0 Å². The number of hydrogen-bond acceptors (Lipinski definition) is 2. The topological polar surface area (TPSA) is 29.1 Å². The zero-order valence-corrected chi connectivity index (χ0v) is 13.3. The van der Waals surface area contributed by atoms with E-state index in [1.807, 2.05) is 24.3 Å². The average molecular weight is 371 g/mol. The van der Waals surface area contributed by atoms with Crippen LogP contribution in [0.2, 0.25) is 0 Å². The molecule has 0 fully saturated rings. The van der Waals surface area contributed by atoms with Gasteiger partial charge in [-0.1, -0.05) is 6.07 Å². The van der Waals surface area contributed by atoms with Gasteiger partial charge in [0.05, 0.1) is 6.54 Å². The van der Waals surface area contributed by atoms with Gasteiger partial charge in [0.25, 0.3) is 5.91 Å². The SMILES string of the molecule is Cc1cc(CNC(=O)c2cccc(I)c2)sc1C. The van der Waals surface area contributed by atoms with E-state index in [0.29, 0.717) is 12.1 Å². The molecule has 0 aliphatic heterocycles. The van der Waals surface area contributed by atoms with E-state index in [2.05, 4.69) is 47.8 Å². The van der Waals surface area contributed by atoms with Crippen molar-refractivity contribution in [1.29, 1.82) is 0 Å². The number of benzene rings is 1. The minimum absolute atomic E-state index is 0.0165. The van der Waals surface area contributed by atoms with Crippen molar-refractivity contribution in [3.8, 4) is 0 Å². The number of carbonyl (C=O) groups excluding carboxylic acids is 1. The zero-order chi connectivity index (χ0) is 13.1. The fourth-order valence-corrected chi connectivity index (χ4v) is 3.17. The van der Waals surface area contributed by atoms with Crippen LogP contribution in [0.4, 0.5) is 0 Å². The second-order valence-corrected chi connectivity index (χ2v) is 6.73. The molecule has 1 heterocycles. The van der Waals surface area contributed by atoms with Crippen molar-refractivity contribution in [2.45, 2.75) is 20.4 Å². The third-order valence-corrected chi connectivity index (χ3v) is 4.55. The Bertz CT molecular complexity index is 557. The number of rotatable bonds is 3. The van der Waals surface area contributed by atoms with Gasteiger partial charge in [-0.25, -0.2) is 0 Å². The van der Waals surface area contributed by atoms with Crippen LogP contribution in [-0.4, -0.2) is 5.91 Å². The first-order valence-corrected chi connectivity index (χ1v) is 7.55. The number of carbonyl (C=O) groups is 1. The van der Waals surface area contributed by atoms with E-state index < -0.39 is 0 Å². The van der Waals surface area contributed by atoms with Gasteiger partial charge in [-0.15, -0.1) is 11.3 Å². The molecule has 1 aromatic carbocycles. The Morgan fingerprint density at radius 3 is 2.72 bits per heavy atom. The van der Waals surface area contributed by atoms with Crippen molar-refractivity contribution in [2.75, 3.05) is 0 Å². The fraction of sp³-hybridized carbons (Fsp3) is 0.214. The number of aryl methyl sites for hydroxylation is 2. The highest BCUT2D eigenvalue weighted by Crippen LogP contribution is 2.20.